The number of rotatable bonds is 6. The molecule has 2 rings (SSSR count). The molecule has 3 atom stereocenters. The number of methoxy groups -OCH3 is 1. The van der Waals surface area contributed by atoms with Crippen molar-refractivity contribution in [3.05, 3.63) is 0 Å². The van der Waals surface area contributed by atoms with Gasteiger partial charge >= 0.3 is 0 Å². The van der Waals surface area contributed by atoms with Gasteiger partial charge in [-0.15, -0.1) is 0 Å². The Morgan fingerprint density at radius 1 is 1.37 bits per heavy atom. The van der Waals surface area contributed by atoms with Crippen LogP contribution in [0.5, 0.6) is 0 Å². The zero-order valence-electron chi connectivity index (χ0n) is 11.8. The van der Waals surface area contributed by atoms with Crippen molar-refractivity contribution < 1.29 is 14.6 Å². The average molecular weight is 270 g/mol. The molecule has 19 heavy (non-hydrogen) atoms. The number of carbonyl (C=O) groups excluding carboxylic acids is 1. The Balaban J connectivity index is 1.73. The topological polar surface area (TPSA) is 61.8 Å². The third kappa shape index (κ3) is 3.91. The number of ether oxygens (including phenoxy) is 1. The van der Waals surface area contributed by atoms with Crippen LogP contribution in [-0.2, 0) is 9.53 Å². The molecule has 2 aliphatic rings. The summed E-state index contributed by atoms with van der Waals surface area (Å²) in [5.41, 5.74) is 0. The zero-order valence-corrected chi connectivity index (χ0v) is 11.8. The van der Waals surface area contributed by atoms with Crippen LogP contribution in [0, 0.1) is 5.92 Å². The fraction of sp³-hybridized carbons (Fsp3) is 0.929. The maximum absolute atomic E-state index is 12.0. The molecule has 1 saturated carbocycles. The Kier molecular flexibility index (Phi) is 5.60. The Morgan fingerprint density at radius 3 is 2.89 bits per heavy atom. The molecule has 1 amide bonds. The number of nitrogens with one attached hydrogen (secondary N) is 1. The minimum atomic E-state index is -0.437. The molecule has 0 radical (unpaired) electrons. The molecule has 0 aromatic rings. The molecule has 1 aliphatic heterocycles. The van der Waals surface area contributed by atoms with E-state index < -0.39 is 6.10 Å². The fourth-order valence-corrected chi connectivity index (χ4v) is 3.23. The van der Waals surface area contributed by atoms with Crippen molar-refractivity contribution in [2.45, 2.75) is 44.2 Å². The van der Waals surface area contributed by atoms with Gasteiger partial charge in [0.25, 0.3) is 0 Å². The van der Waals surface area contributed by atoms with Crippen molar-refractivity contribution in [2.75, 3.05) is 33.4 Å². The lowest BCUT2D eigenvalue weighted by Crippen LogP contribution is -2.44. The molecule has 1 saturated heterocycles. The number of carbonyl (C=O) groups is 1. The van der Waals surface area contributed by atoms with Gasteiger partial charge < -0.3 is 15.2 Å². The van der Waals surface area contributed by atoms with Crippen LogP contribution in [0.15, 0.2) is 0 Å². The van der Waals surface area contributed by atoms with Gasteiger partial charge in [0.1, 0.15) is 0 Å². The third-order valence-corrected chi connectivity index (χ3v) is 4.41. The summed E-state index contributed by atoms with van der Waals surface area (Å²) in [5, 5.41) is 12.8. The van der Waals surface area contributed by atoms with E-state index in [1.165, 1.54) is 6.42 Å². The SMILES string of the molecule is COCCN1CCCC1CNC(=O)C1CCCC1O. The van der Waals surface area contributed by atoms with E-state index in [0.717, 1.165) is 45.4 Å². The minimum absolute atomic E-state index is 0.0311. The fourth-order valence-electron chi connectivity index (χ4n) is 3.23. The largest absolute Gasteiger partial charge is 0.392 e. The lowest BCUT2D eigenvalue weighted by molar-refractivity contribution is -0.127. The predicted octanol–water partition coefficient (Wildman–Crippen LogP) is 0.374. The molecule has 1 heterocycles. The number of amides is 1. The Labute approximate surface area is 115 Å². The molecule has 3 unspecified atom stereocenters. The van der Waals surface area contributed by atoms with Crippen molar-refractivity contribution in [3.63, 3.8) is 0 Å². The summed E-state index contributed by atoms with van der Waals surface area (Å²) >= 11 is 0. The average Bonchev–Trinajstić information content (AvgIpc) is 3.02. The van der Waals surface area contributed by atoms with Crippen LogP contribution in [0.2, 0.25) is 0 Å². The van der Waals surface area contributed by atoms with Crippen LogP contribution in [0.25, 0.3) is 0 Å². The van der Waals surface area contributed by atoms with Gasteiger partial charge in [0.2, 0.25) is 5.91 Å². The number of hydrogen-bond acceptors (Lipinski definition) is 4. The molecule has 5 nitrogen and oxygen atoms in total. The first-order valence-electron chi connectivity index (χ1n) is 7.41. The molecule has 0 bridgehead atoms. The van der Waals surface area contributed by atoms with Crippen molar-refractivity contribution >= 4 is 5.91 Å². The highest BCUT2D eigenvalue weighted by Crippen LogP contribution is 2.25. The first-order chi connectivity index (χ1) is 9.22. The van der Waals surface area contributed by atoms with Gasteiger partial charge in [0.15, 0.2) is 0 Å². The molecule has 0 aromatic carbocycles. The van der Waals surface area contributed by atoms with E-state index in [2.05, 4.69) is 10.2 Å². The van der Waals surface area contributed by atoms with Crippen LogP contribution >= 0.6 is 0 Å². The highest BCUT2D eigenvalue weighted by atomic mass is 16.5. The first kappa shape index (κ1) is 14.8. The van der Waals surface area contributed by atoms with Gasteiger partial charge in [0, 0.05) is 26.2 Å². The van der Waals surface area contributed by atoms with E-state index in [1.54, 1.807) is 7.11 Å². The number of aliphatic hydroxyl groups is 1. The summed E-state index contributed by atoms with van der Waals surface area (Å²) in [4.78, 5) is 14.4. The Morgan fingerprint density at radius 2 is 2.21 bits per heavy atom. The highest BCUT2D eigenvalue weighted by molar-refractivity contribution is 5.79. The van der Waals surface area contributed by atoms with Gasteiger partial charge in [-0.2, -0.15) is 0 Å². The zero-order chi connectivity index (χ0) is 13.7. The number of hydrogen-bond donors (Lipinski definition) is 2. The van der Waals surface area contributed by atoms with Gasteiger partial charge in [-0.3, -0.25) is 9.69 Å². The molecular formula is C14H26N2O3. The number of nitrogens with zero attached hydrogens (tertiary/aromatic N) is 1. The smallest absolute Gasteiger partial charge is 0.225 e. The maximum Gasteiger partial charge on any atom is 0.225 e. The summed E-state index contributed by atoms with van der Waals surface area (Å²) in [6, 6.07) is 0.428. The van der Waals surface area contributed by atoms with E-state index >= 15 is 0 Å². The van der Waals surface area contributed by atoms with Crippen molar-refractivity contribution in [3.8, 4) is 0 Å². The molecular weight excluding hydrogens is 244 g/mol. The number of aliphatic hydroxyl groups excluding tert-OH is 1. The summed E-state index contributed by atoms with van der Waals surface area (Å²) in [6.45, 7) is 3.47. The summed E-state index contributed by atoms with van der Waals surface area (Å²) in [6.07, 6.45) is 4.44. The lowest BCUT2D eigenvalue weighted by Gasteiger charge is -2.25. The van der Waals surface area contributed by atoms with Crippen molar-refractivity contribution in [1.82, 2.24) is 10.2 Å². The summed E-state index contributed by atoms with van der Waals surface area (Å²) in [5.74, 6) is -0.155. The molecule has 5 heteroatoms. The normalized spacial score (nSPS) is 31.8. The minimum Gasteiger partial charge on any atom is -0.392 e. The van der Waals surface area contributed by atoms with E-state index in [4.69, 9.17) is 4.74 Å². The second-order valence-electron chi connectivity index (χ2n) is 5.67. The maximum atomic E-state index is 12.0. The number of likely N-dealkylation sites (tertiary alicyclic amines) is 1. The van der Waals surface area contributed by atoms with E-state index in [0.29, 0.717) is 12.6 Å². The second-order valence-corrected chi connectivity index (χ2v) is 5.67. The Hall–Kier alpha value is -0.650. The monoisotopic (exact) mass is 270 g/mol. The highest BCUT2D eigenvalue weighted by Gasteiger charge is 2.32. The molecule has 0 aromatic heterocycles. The van der Waals surface area contributed by atoms with E-state index in [9.17, 15) is 9.90 Å². The van der Waals surface area contributed by atoms with Gasteiger partial charge in [-0.1, -0.05) is 0 Å². The molecule has 2 N–H and O–H groups in total. The predicted molar refractivity (Wildman–Crippen MR) is 72.8 cm³/mol. The summed E-state index contributed by atoms with van der Waals surface area (Å²) in [7, 11) is 1.72. The first-order valence-corrected chi connectivity index (χ1v) is 7.41. The van der Waals surface area contributed by atoms with Crippen LogP contribution < -0.4 is 5.32 Å². The molecule has 2 fully saturated rings. The van der Waals surface area contributed by atoms with Crippen LogP contribution in [0.4, 0.5) is 0 Å². The standard InChI is InChI=1S/C14H26N2O3/c1-19-9-8-16-7-3-4-11(16)10-15-14(18)12-5-2-6-13(12)17/h11-13,17H,2-10H2,1H3,(H,15,18). The van der Waals surface area contributed by atoms with Crippen molar-refractivity contribution in [2.24, 2.45) is 5.92 Å². The van der Waals surface area contributed by atoms with Crippen LogP contribution in [0.1, 0.15) is 32.1 Å². The lowest BCUT2D eigenvalue weighted by atomic mass is 10.1. The van der Waals surface area contributed by atoms with E-state index in [-0.39, 0.29) is 11.8 Å². The molecule has 0 spiro atoms. The Bertz CT molecular complexity index is 298. The summed E-state index contributed by atoms with van der Waals surface area (Å²) < 4.78 is 5.11. The van der Waals surface area contributed by atoms with Gasteiger partial charge in [-0.25, -0.2) is 0 Å². The van der Waals surface area contributed by atoms with Crippen molar-refractivity contribution in [1.29, 1.82) is 0 Å². The van der Waals surface area contributed by atoms with Gasteiger partial charge in [0.05, 0.1) is 18.6 Å². The second kappa shape index (κ2) is 7.22. The van der Waals surface area contributed by atoms with E-state index in [1.807, 2.05) is 0 Å². The quantitative estimate of drug-likeness (QED) is 0.732. The van der Waals surface area contributed by atoms with Crippen LogP contribution in [-0.4, -0.2) is 61.4 Å². The van der Waals surface area contributed by atoms with Gasteiger partial charge in [-0.05, 0) is 38.6 Å². The molecule has 110 valence electrons. The third-order valence-electron chi connectivity index (χ3n) is 4.41. The molecule has 1 aliphatic carbocycles. The van der Waals surface area contributed by atoms with Crippen LogP contribution in [0.3, 0.4) is 0 Å².